The third-order valence-corrected chi connectivity index (χ3v) is 7.58. The third kappa shape index (κ3) is 4.20. The van der Waals surface area contributed by atoms with Gasteiger partial charge in [-0.3, -0.25) is 9.59 Å². The predicted octanol–water partition coefficient (Wildman–Crippen LogP) is 4.23. The van der Waals surface area contributed by atoms with Gasteiger partial charge in [-0.2, -0.15) is 12.7 Å². The van der Waals surface area contributed by atoms with Crippen LogP contribution in [0, 0.1) is 0 Å². The summed E-state index contributed by atoms with van der Waals surface area (Å²) in [6.45, 7) is 0. The minimum atomic E-state index is -3.89. The first-order chi connectivity index (χ1) is 15.3. The molecular weight excluding hydrogens is 426 g/mol. The molecule has 8 heteroatoms. The van der Waals surface area contributed by atoms with Gasteiger partial charge in [0.15, 0.2) is 6.29 Å². The normalized spacial score (nSPS) is 15.2. The summed E-state index contributed by atoms with van der Waals surface area (Å²) in [6.07, 6.45) is 6.56. The monoisotopic (exact) mass is 453 g/mol. The molecule has 1 fully saturated rings. The van der Waals surface area contributed by atoms with Crippen molar-refractivity contribution in [3.63, 3.8) is 0 Å². The maximum absolute atomic E-state index is 12.6. The van der Waals surface area contributed by atoms with Gasteiger partial charge in [0.25, 0.3) is 5.91 Å². The molecule has 3 aromatic rings. The van der Waals surface area contributed by atoms with E-state index in [1.165, 1.54) is 26.1 Å². The highest BCUT2D eigenvalue weighted by Gasteiger charge is 2.25. The summed E-state index contributed by atoms with van der Waals surface area (Å²) in [5, 5.41) is 1.000. The SMILES string of the molecule is CN(C)S(=O)(=O)NC(=O)c1ccc2c(C3CCCCC3)c(-c3ccccc3C=O)[nH]c2c1. The molecule has 4 rings (SSSR count). The van der Waals surface area contributed by atoms with Gasteiger partial charge in [0.1, 0.15) is 0 Å². The zero-order valence-corrected chi connectivity index (χ0v) is 19.0. The molecule has 0 radical (unpaired) electrons. The third-order valence-electron chi connectivity index (χ3n) is 6.17. The zero-order chi connectivity index (χ0) is 22.9. The van der Waals surface area contributed by atoms with E-state index < -0.39 is 16.1 Å². The molecule has 1 saturated carbocycles. The standard InChI is InChI=1S/C24H27N3O4S/c1-27(2)32(30,31)26-24(29)17-12-13-20-21(14-17)25-23(19-11-7-6-10-18(19)15-28)22(20)16-8-4-3-5-9-16/h6-7,10-16,25H,3-5,8-9H2,1-2H3,(H,26,29). The lowest BCUT2D eigenvalue weighted by molar-refractivity contribution is 0.0979. The van der Waals surface area contributed by atoms with Gasteiger partial charge >= 0.3 is 10.2 Å². The fourth-order valence-corrected chi connectivity index (χ4v) is 5.02. The predicted molar refractivity (Wildman–Crippen MR) is 125 cm³/mol. The maximum atomic E-state index is 12.6. The summed E-state index contributed by atoms with van der Waals surface area (Å²) in [5.74, 6) is -0.328. The molecule has 1 aliphatic carbocycles. The van der Waals surface area contributed by atoms with Gasteiger partial charge in [-0.15, -0.1) is 0 Å². The molecular formula is C24H27N3O4S. The molecule has 2 N–H and O–H groups in total. The number of rotatable bonds is 6. The smallest absolute Gasteiger partial charge is 0.303 e. The Morgan fingerprint density at radius 2 is 1.81 bits per heavy atom. The summed E-state index contributed by atoms with van der Waals surface area (Å²) >= 11 is 0. The summed E-state index contributed by atoms with van der Waals surface area (Å²) in [6, 6.07) is 12.7. The number of H-pyrrole nitrogens is 1. The summed E-state index contributed by atoms with van der Waals surface area (Å²) in [5.41, 5.74) is 4.49. The lowest BCUT2D eigenvalue weighted by atomic mass is 9.81. The van der Waals surface area contributed by atoms with E-state index in [1.807, 2.05) is 24.3 Å². The van der Waals surface area contributed by atoms with Gasteiger partial charge in [-0.25, -0.2) is 4.72 Å². The fraction of sp³-hybridized carbons (Fsp3) is 0.333. The van der Waals surface area contributed by atoms with E-state index in [0.717, 1.165) is 58.4 Å². The van der Waals surface area contributed by atoms with Crippen LogP contribution in [0.15, 0.2) is 42.5 Å². The van der Waals surface area contributed by atoms with Crippen molar-refractivity contribution in [3.8, 4) is 11.3 Å². The Morgan fingerprint density at radius 1 is 1.09 bits per heavy atom. The average molecular weight is 454 g/mol. The molecule has 0 atom stereocenters. The van der Waals surface area contributed by atoms with Crippen molar-refractivity contribution in [2.45, 2.75) is 38.0 Å². The first kappa shape index (κ1) is 22.2. The van der Waals surface area contributed by atoms with Crippen LogP contribution in [0.3, 0.4) is 0 Å². The molecule has 1 aliphatic rings. The van der Waals surface area contributed by atoms with E-state index in [0.29, 0.717) is 11.5 Å². The average Bonchev–Trinajstić information content (AvgIpc) is 3.17. The first-order valence-electron chi connectivity index (χ1n) is 10.8. The number of carbonyl (C=O) groups is 2. The molecule has 2 aromatic carbocycles. The highest BCUT2D eigenvalue weighted by Crippen LogP contribution is 2.43. The van der Waals surface area contributed by atoms with Crippen LogP contribution in [0.2, 0.25) is 0 Å². The largest absolute Gasteiger partial charge is 0.354 e. The number of aldehydes is 1. The fourth-order valence-electron chi connectivity index (χ4n) is 4.48. The molecule has 0 spiro atoms. The molecule has 0 saturated heterocycles. The second-order valence-electron chi connectivity index (χ2n) is 8.43. The number of aromatic amines is 1. The van der Waals surface area contributed by atoms with Gasteiger partial charge in [-0.05, 0) is 36.5 Å². The first-order valence-corrected chi connectivity index (χ1v) is 12.2. The lowest BCUT2D eigenvalue weighted by Crippen LogP contribution is -2.39. The summed E-state index contributed by atoms with van der Waals surface area (Å²) in [7, 11) is -1.17. The molecule has 1 aromatic heterocycles. The Balaban J connectivity index is 1.84. The van der Waals surface area contributed by atoms with Gasteiger partial charge in [-0.1, -0.05) is 49.6 Å². The van der Waals surface area contributed by atoms with E-state index in [4.69, 9.17) is 0 Å². The van der Waals surface area contributed by atoms with Crippen molar-refractivity contribution >= 4 is 33.3 Å². The summed E-state index contributed by atoms with van der Waals surface area (Å²) in [4.78, 5) is 27.7. The van der Waals surface area contributed by atoms with Crippen molar-refractivity contribution in [2.75, 3.05) is 14.1 Å². The molecule has 1 amide bonds. The zero-order valence-electron chi connectivity index (χ0n) is 18.2. The van der Waals surface area contributed by atoms with Crippen LogP contribution >= 0.6 is 0 Å². The molecule has 1 heterocycles. The quantitative estimate of drug-likeness (QED) is 0.546. The van der Waals surface area contributed by atoms with E-state index in [-0.39, 0.29) is 5.56 Å². The van der Waals surface area contributed by atoms with Gasteiger partial charge in [0.2, 0.25) is 0 Å². The highest BCUT2D eigenvalue weighted by atomic mass is 32.2. The van der Waals surface area contributed by atoms with E-state index in [1.54, 1.807) is 18.2 Å². The van der Waals surface area contributed by atoms with E-state index >= 15 is 0 Å². The van der Waals surface area contributed by atoms with Crippen LogP contribution in [-0.4, -0.2) is 44.0 Å². The van der Waals surface area contributed by atoms with Crippen molar-refractivity contribution in [1.29, 1.82) is 0 Å². The van der Waals surface area contributed by atoms with Crippen LogP contribution < -0.4 is 4.72 Å². The topological polar surface area (TPSA) is 99.3 Å². The Kier molecular flexibility index (Phi) is 6.17. The number of nitrogens with zero attached hydrogens (tertiary/aromatic N) is 1. The van der Waals surface area contributed by atoms with Gasteiger partial charge in [0.05, 0.1) is 5.69 Å². The molecule has 0 aliphatic heterocycles. The number of hydrogen-bond acceptors (Lipinski definition) is 4. The number of benzene rings is 2. The molecule has 32 heavy (non-hydrogen) atoms. The van der Waals surface area contributed by atoms with Crippen molar-refractivity contribution in [3.05, 3.63) is 59.2 Å². The minimum Gasteiger partial charge on any atom is -0.354 e. The van der Waals surface area contributed by atoms with Crippen molar-refractivity contribution in [2.24, 2.45) is 0 Å². The van der Waals surface area contributed by atoms with Crippen LogP contribution in [0.1, 0.15) is 64.3 Å². The number of hydrogen-bond donors (Lipinski definition) is 2. The molecule has 0 bridgehead atoms. The Hall–Kier alpha value is -2.97. The van der Waals surface area contributed by atoms with Crippen LogP contribution in [0.4, 0.5) is 0 Å². The second kappa shape index (κ2) is 8.88. The number of amides is 1. The lowest BCUT2D eigenvalue weighted by Gasteiger charge is -2.23. The number of carbonyl (C=O) groups excluding carboxylic acids is 2. The highest BCUT2D eigenvalue weighted by molar-refractivity contribution is 7.87. The van der Waals surface area contributed by atoms with Gasteiger partial charge < -0.3 is 4.98 Å². The van der Waals surface area contributed by atoms with Gasteiger partial charge in [0, 0.05) is 41.7 Å². The maximum Gasteiger partial charge on any atom is 0.303 e. The van der Waals surface area contributed by atoms with Crippen LogP contribution in [-0.2, 0) is 10.2 Å². The number of aromatic nitrogens is 1. The molecule has 7 nitrogen and oxygen atoms in total. The van der Waals surface area contributed by atoms with Crippen molar-refractivity contribution < 1.29 is 18.0 Å². The number of nitrogens with one attached hydrogen (secondary N) is 2. The van der Waals surface area contributed by atoms with E-state index in [2.05, 4.69) is 9.71 Å². The molecule has 168 valence electrons. The Morgan fingerprint density at radius 3 is 2.50 bits per heavy atom. The van der Waals surface area contributed by atoms with Crippen molar-refractivity contribution in [1.82, 2.24) is 14.0 Å². The number of fused-ring (bicyclic) bond motifs is 1. The Labute approximate surface area is 188 Å². The van der Waals surface area contributed by atoms with Crippen LogP contribution in [0.25, 0.3) is 22.2 Å². The second-order valence-corrected chi connectivity index (χ2v) is 10.3. The summed E-state index contributed by atoms with van der Waals surface area (Å²) < 4.78 is 27.1. The Bertz CT molecular complexity index is 1270. The minimum absolute atomic E-state index is 0.245. The van der Waals surface area contributed by atoms with E-state index in [9.17, 15) is 18.0 Å². The molecule has 0 unspecified atom stereocenters. The van der Waals surface area contributed by atoms with Crippen LogP contribution in [0.5, 0.6) is 0 Å².